The standard InChI is InChI=1S/C24H26N4O3/c1-31-23-8-3-2-7-21(23)28(24(29)30)15-19-6-4-5-18(11-19)14-27-16-26-20-10-9-17(13-25)12-22(20)27/h2-3,7-10,12,16,18-19H,4-6,11,14-15H2,1H3,(H,29,30). The van der Waals surface area contributed by atoms with E-state index in [4.69, 9.17) is 4.74 Å². The minimum absolute atomic E-state index is 0.282. The van der Waals surface area contributed by atoms with Crippen LogP contribution in [0.3, 0.4) is 0 Å². The average molecular weight is 418 g/mol. The lowest BCUT2D eigenvalue weighted by Gasteiger charge is -2.33. The van der Waals surface area contributed by atoms with Gasteiger partial charge in [-0.1, -0.05) is 18.6 Å². The van der Waals surface area contributed by atoms with Crippen LogP contribution in [-0.4, -0.2) is 34.4 Å². The van der Waals surface area contributed by atoms with Crippen molar-refractivity contribution in [3.05, 3.63) is 54.4 Å². The molecule has 1 amide bonds. The van der Waals surface area contributed by atoms with Crippen molar-refractivity contribution in [2.75, 3.05) is 18.6 Å². The van der Waals surface area contributed by atoms with E-state index in [1.165, 1.54) is 4.90 Å². The molecule has 7 heteroatoms. The predicted molar refractivity (Wildman–Crippen MR) is 118 cm³/mol. The number of carboxylic acid groups (broad SMARTS) is 1. The van der Waals surface area contributed by atoms with E-state index in [2.05, 4.69) is 15.6 Å². The summed E-state index contributed by atoms with van der Waals surface area (Å²) in [4.78, 5) is 17.9. The molecule has 1 aliphatic rings. The number of methoxy groups -OCH3 is 1. The molecule has 0 aliphatic heterocycles. The highest BCUT2D eigenvalue weighted by molar-refractivity contribution is 5.88. The Kier molecular flexibility index (Phi) is 6.08. The SMILES string of the molecule is COc1ccccc1N(CC1CCCC(Cn2cnc3ccc(C#N)cc32)C1)C(=O)O. The van der Waals surface area contributed by atoms with Gasteiger partial charge in [0.05, 0.1) is 41.8 Å². The summed E-state index contributed by atoms with van der Waals surface area (Å²) in [5.41, 5.74) is 3.08. The van der Waals surface area contributed by atoms with Gasteiger partial charge in [-0.2, -0.15) is 5.26 Å². The average Bonchev–Trinajstić information content (AvgIpc) is 3.19. The molecule has 1 fully saturated rings. The fourth-order valence-corrected chi connectivity index (χ4v) is 4.67. The van der Waals surface area contributed by atoms with E-state index in [0.29, 0.717) is 29.5 Å². The smallest absolute Gasteiger partial charge is 0.411 e. The van der Waals surface area contributed by atoms with Gasteiger partial charge in [-0.3, -0.25) is 4.90 Å². The second-order valence-electron chi connectivity index (χ2n) is 8.18. The third-order valence-corrected chi connectivity index (χ3v) is 6.14. The van der Waals surface area contributed by atoms with E-state index >= 15 is 0 Å². The fraction of sp³-hybridized carbons (Fsp3) is 0.375. The molecule has 1 aromatic heterocycles. The zero-order chi connectivity index (χ0) is 21.8. The van der Waals surface area contributed by atoms with Crippen LogP contribution in [0.1, 0.15) is 31.2 Å². The summed E-state index contributed by atoms with van der Waals surface area (Å²) in [6.07, 6.45) is 5.03. The molecular formula is C24H26N4O3. The van der Waals surface area contributed by atoms with Crippen LogP contribution in [0.25, 0.3) is 11.0 Å². The Morgan fingerprint density at radius 2 is 2.10 bits per heavy atom. The molecule has 7 nitrogen and oxygen atoms in total. The van der Waals surface area contributed by atoms with E-state index in [9.17, 15) is 15.2 Å². The molecule has 2 aromatic carbocycles. The minimum Gasteiger partial charge on any atom is -0.495 e. The Bertz CT molecular complexity index is 1120. The van der Waals surface area contributed by atoms with Crippen molar-refractivity contribution >= 4 is 22.8 Å². The van der Waals surface area contributed by atoms with Crippen molar-refractivity contribution < 1.29 is 14.6 Å². The molecule has 1 saturated carbocycles. The number of rotatable bonds is 6. The fourth-order valence-electron chi connectivity index (χ4n) is 4.67. The van der Waals surface area contributed by atoms with E-state index in [1.54, 1.807) is 25.3 Å². The molecule has 1 aliphatic carbocycles. The van der Waals surface area contributed by atoms with Crippen LogP contribution in [0.2, 0.25) is 0 Å². The molecular weight excluding hydrogens is 392 g/mol. The molecule has 2 unspecified atom stereocenters. The summed E-state index contributed by atoms with van der Waals surface area (Å²) in [5, 5.41) is 19.1. The van der Waals surface area contributed by atoms with Crippen molar-refractivity contribution in [3.8, 4) is 11.8 Å². The number of amides is 1. The van der Waals surface area contributed by atoms with Gasteiger partial charge in [0.15, 0.2) is 0 Å². The molecule has 0 spiro atoms. The monoisotopic (exact) mass is 418 g/mol. The maximum absolute atomic E-state index is 12.0. The number of benzene rings is 2. The Labute approximate surface area is 181 Å². The highest BCUT2D eigenvalue weighted by Gasteiger charge is 2.28. The number of nitriles is 1. The van der Waals surface area contributed by atoms with Crippen molar-refractivity contribution in [2.45, 2.75) is 32.2 Å². The number of hydrogen-bond donors (Lipinski definition) is 1. The van der Waals surface area contributed by atoms with Gasteiger partial charge in [-0.15, -0.1) is 0 Å². The second kappa shape index (κ2) is 9.09. The summed E-state index contributed by atoms with van der Waals surface area (Å²) in [7, 11) is 1.56. The first-order valence-corrected chi connectivity index (χ1v) is 10.6. The molecule has 1 heterocycles. The lowest BCUT2D eigenvalue weighted by molar-refractivity contribution is 0.195. The van der Waals surface area contributed by atoms with Gasteiger partial charge in [0.2, 0.25) is 0 Å². The number of hydrogen-bond acceptors (Lipinski definition) is 4. The summed E-state index contributed by atoms with van der Waals surface area (Å²) < 4.78 is 7.50. The topological polar surface area (TPSA) is 91.4 Å². The number of ether oxygens (including phenoxy) is 1. The van der Waals surface area contributed by atoms with Gasteiger partial charge < -0.3 is 14.4 Å². The van der Waals surface area contributed by atoms with Gasteiger partial charge in [0, 0.05) is 13.1 Å². The van der Waals surface area contributed by atoms with Gasteiger partial charge in [0.1, 0.15) is 5.75 Å². The first-order chi connectivity index (χ1) is 15.1. The number of carbonyl (C=O) groups is 1. The minimum atomic E-state index is -0.962. The second-order valence-corrected chi connectivity index (χ2v) is 8.18. The first-order valence-electron chi connectivity index (χ1n) is 10.6. The normalized spacial score (nSPS) is 18.5. The Balaban J connectivity index is 1.48. The van der Waals surface area contributed by atoms with Crippen LogP contribution in [-0.2, 0) is 6.54 Å². The van der Waals surface area contributed by atoms with Gasteiger partial charge >= 0.3 is 6.09 Å². The summed E-state index contributed by atoms with van der Waals surface area (Å²) in [6.45, 7) is 1.28. The van der Waals surface area contributed by atoms with Crippen molar-refractivity contribution in [1.29, 1.82) is 5.26 Å². The van der Waals surface area contributed by atoms with Gasteiger partial charge in [-0.05, 0) is 61.4 Å². The molecule has 1 N–H and O–H groups in total. The zero-order valence-electron chi connectivity index (χ0n) is 17.6. The van der Waals surface area contributed by atoms with Gasteiger partial charge in [0.25, 0.3) is 0 Å². The van der Waals surface area contributed by atoms with Crippen molar-refractivity contribution in [3.63, 3.8) is 0 Å². The molecule has 3 aromatic rings. The number of para-hydroxylation sites is 2. The van der Waals surface area contributed by atoms with Crippen LogP contribution >= 0.6 is 0 Å². The lowest BCUT2D eigenvalue weighted by Crippen LogP contribution is -2.36. The predicted octanol–water partition coefficient (Wildman–Crippen LogP) is 4.91. The maximum atomic E-state index is 12.0. The zero-order valence-corrected chi connectivity index (χ0v) is 17.6. The van der Waals surface area contributed by atoms with Crippen LogP contribution in [0.15, 0.2) is 48.8 Å². The number of aromatic nitrogens is 2. The third-order valence-electron chi connectivity index (χ3n) is 6.14. The number of fused-ring (bicyclic) bond motifs is 1. The molecule has 0 bridgehead atoms. The Morgan fingerprint density at radius 1 is 1.29 bits per heavy atom. The summed E-state index contributed by atoms with van der Waals surface area (Å²) in [6, 6.07) is 15.0. The van der Waals surface area contributed by atoms with E-state index in [-0.39, 0.29) is 5.92 Å². The number of nitrogens with zero attached hydrogens (tertiary/aromatic N) is 4. The highest BCUT2D eigenvalue weighted by Crippen LogP contribution is 2.34. The Morgan fingerprint density at radius 3 is 2.87 bits per heavy atom. The van der Waals surface area contributed by atoms with Crippen LogP contribution in [0.5, 0.6) is 5.75 Å². The molecule has 0 radical (unpaired) electrons. The number of imidazole rings is 1. The van der Waals surface area contributed by atoms with E-state index < -0.39 is 6.09 Å². The lowest BCUT2D eigenvalue weighted by atomic mass is 9.81. The first kappa shape index (κ1) is 20.7. The van der Waals surface area contributed by atoms with Crippen LogP contribution in [0.4, 0.5) is 10.5 Å². The third kappa shape index (κ3) is 4.48. The number of anilines is 1. The quantitative estimate of drug-likeness (QED) is 0.614. The Hall–Kier alpha value is -3.53. The molecule has 2 atom stereocenters. The highest BCUT2D eigenvalue weighted by atomic mass is 16.5. The maximum Gasteiger partial charge on any atom is 0.411 e. The van der Waals surface area contributed by atoms with Crippen LogP contribution < -0.4 is 9.64 Å². The molecule has 160 valence electrons. The molecule has 4 rings (SSSR count). The summed E-state index contributed by atoms with van der Waals surface area (Å²) in [5.74, 6) is 1.29. The molecule has 31 heavy (non-hydrogen) atoms. The molecule has 0 saturated heterocycles. The van der Waals surface area contributed by atoms with E-state index in [0.717, 1.165) is 43.3 Å². The largest absolute Gasteiger partial charge is 0.495 e. The van der Waals surface area contributed by atoms with Crippen molar-refractivity contribution in [1.82, 2.24) is 9.55 Å². The van der Waals surface area contributed by atoms with Gasteiger partial charge in [-0.25, -0.2) is 9.78 Å². The van der Waals surface area contributed by atoms with Crippen molar-refractivity contribution in [2.24, 2.45) is 11.8 Å². The van der Waals surface area contributed by atoms with Crippen LogP contribution in [0, 0.1) is 23.2 Å². The van der Waals surface area contributed by atoms with E-state index in [1.807, 2.05) is 30.6 Å². The summed E-state index contributed by atoms with van der Waals surface area (Å²) >= 11 is 0.